The van der Waals surface area contributed by atoms with E-state index in [4.69, 9.17) is 41.2 Å². The summed E-state index contributed by atoms with van der Waals surface area (Å²) in [5, 5.41) is 3.31. The van der Waals surface area contributed by atoms with Gasteiger partial charge in [-0.15, -0.1) is 0 Å². The molecule has 1 amide bonds. The summed E-state index contributed by atoms with van der Waals surface area (Å²) in [6.45, 7) is 0. The van der Waals surface area contributed by atoms with Crippen LogP contribution in [-0.2, 0) is 0 Å². The number of hydrogen-bond donors (Lipinski definition) is 2. The number of hydrogen-bond acceptors (Lipinski definition) is 2. The van der Waals surface area contributed by atoms with Crippen molar-refractivity contribution < 1.29 is 4.79 Å². The van der Waals surface area contributed by atoms with E-state index in [-0.39, 0.29) is 20.6 Å². The highest BCUT2D eigenvalue weighted by Crippen LogP contribution is 2.28. The van der Waals surface area contributed by atoms with E-state index in [1.807, 2.05) is 0 Å². The summed E-state index contributed by atoms with van der Waals surface area (Å²) in [6, 6.07) is 10.0. The summed E-state index contributed by atoms with van der Waals surface area (Å²) in [6.07, 6.45) is 0. The fourth-order valence-electron chi connectivity index (χ4n) is 1.67. The molecule has 108 valence electrons. The Bertz CT molecular complexity index is 717. The van der Waals surface area contributed by atoms with Crippen molar-refractivity contribution >= 4 is 67.9 Å². The zero-order valence-corrected chi connectivity index (χ0v) is 14.4. The van der Waals surface area contributed by atoms with Crippen molar-refractivity contribution in [2.45, 2.75) is 0 Å². The smallest absolute Gasteiger partial charge is 0.258 e. The summed E-state index contributed by atoms with van der Waals surface area (Å²) in [5.41, 5.74) is 7.05. The third-order valence-electron chi connectivity index (χ3n) is 2.69. The van der Waals surface area contributed by atoms with Gasteiger partial charge in [0.1, 0.15) is 4.99 Å². The molecule has 3 N–H and O–H groups in total. The molecule has 0 saturated heterocycles. The molecule has 0 aliphatic rings. The first-order valence-electron chi connectivity index (χ1n) is 5.75. The number of benzene rings is 2. The van der Waals surface area contributed by atoms with Crippen LogP contribution in [-0.4, -0.2) is 10.9 Å². The van der Waals surface area contributed by atoms with Gasteiger partial charge in [0.2, 0.25) is 0 Å². The van der Waals surface area contributed by atoms with E-state index in [1.165, 1.54) is 0 Å². The molecule has 0 aliphatic carbocycles. The number of halogens is 3. The van der Waals surface area contributed by atoms with Gasteiger partial charge in [-0.2, -0.15) is 0 Å². The van der Waals surface area contributed by atoms with Gasteiger partial charge < -0.3 is 11.1 Å². The van der Waals surface area contributed by atoms with E-state index in [0.717, 1.165) is 0 Å². The summed E-state index contributed by atoms with van der Waals surface area (Å²) < 4.78 is 0.657. The van der Waals surface area contributed by atoms with Crippen LogP contribution in [0.1, 0.15) is 15.9 Å². The number of carbonyl (C=O) groups is 1. The van der Waals surface area contributed by atoms with Gasteiger partial charge in [-0.3, -0.25) is 4.79 Å². The van der Waals surface area contributed by atoms with Crippen molar-refractivity contribution in [2.75, 3.05) is 5.32 Å². The molecule has 0 aliphatic heterocycles. The molecule has 0 fully saturated rings. The lowest BCUT2D eigenvalue weighted by atomic mass is 10.1. The van der Waals surface area contributed by atoms with E-state index in [1.54, 1.807) is 36.4 Å². The van der Waals surface area contributed by atoms with Gasteiger partial charge in [-0.1, -0.05) is 41.5 Å². The van der Waals surface area contributed by atoms with Gasteiger partial charge in [0.25, 0.3) is 5.91 Å². The molecular weight excluding hydrogens is 395 g/mol. The predicted molar refractivity (Wildman–Crippen MR) is 94.4 cm³/mol. The van der Waals surface area contributed by atoms with Crippen LogP contribution in [0.25, 0.3) is 0 Å². The van der Waals surface area contributed by atoms with Gasteiger partial charge >= 0.3 is 0 Å². The maximum Gasteiger partial charge on any atom is 0.258 e. The Morgan fingerprint density at radius 2 is 1.81 bits per heavy atom. The van der Waals surface area contributed by atoms with E-state index in [2.05, 4.69) is 21.2 Å². The summed E-state index contributed by atoms with van der Waals surface area (Å²) in [4.78, 5) is 12.6. The SMILES string of the molecule is NC(=S)c1ccc(NC(=O)c2c(Cl)cccc2Cl)c(Br)c1. The highest BCUT2D eigenvalue weighted by molar-refractivity contribution is 9.10. The summed E-state index contributed by atoms with van der Waals surface area (Å²) in [7, 11) is 0. The van der Waals surface area contributed by atoms with Gasteiger partial charge in [0, 0.05) is 10.0 Å². The largest absolute Gasteiger partial charge is 0.389 e. The Morgan fingerprint density at radius 1 is 1.19 bits per heavy atom. The van der Waals surface area contributed by atoms with Crippen molar-refractivity contribution in [3.63, 3.8) is 0 Å². The number of anilines is 1. The minimum absolute atomic E-state index is 0.228. The van der Waals surface area contributed by atoms with Crippen LogP contribution < -0.4 is 11.1 Å². The average Bonchev–Trinajstić information content (AvgIpc) is 2.40. The molecule has 3 nitrogen and oxygen atoms in total. The lowest BCUT2D eigenvalue weighted by molar-refractivity contribution is 0.102. The molecule has 0 aromatic heterocycles. The number of thiocarbonyl (C=S) groups is 1. The second-order valence-corrected chi connectivity index (χ2v) is 6.22. The zero-order chi connectivity index (χ0) is 15.6. The van der Waals surface area contributed by atoms with Crippen LogP contribution in [0.3, 0.4) is 0 Å². The standard InChI is InChI=1S/C14H9BrCl2N2OS/c15-8-6-7(13(18)21)4-5-11(8)19-14(20)12-9(16)2-1-3-10(12)17/h1-6H,(H2,18,21)(H,19,20). The van der Waals surface area contributed by atoms with Crippen LogP contribution in [0.15, 0.2) is 40.9 Å². The normalized spacial score (nSPS) is 10.2. The maximum atomic E-state index is 12.3. The quantitative estimate of drug-likeness (QED) is 0.733. The molecule has 0 spiro atoms. The van der Waals surface area contributed by atoms with E-state index in [9.17, 15) is 4.79 Å². The topological polar surface area (TPSA) is 55.1 Å². The van der Waals surface area contributed by atoms with Crippen LogP contribution >= 0.6 is 51.3 Å². The van der Waals surface area contributed by atoms with E-state index >= 15 is 0 Å². The fraction of sp³-hybridized carbons (Fsp3) is 0. The molecule has 0 radical (unpaired) electrons. The highest BCUT2D eigenvalue weighted by atomic mass is 79.9. The molecule has 2 rings (SSSR count). The predicted octanol–water partition coefficient (Wildman–Crippen LogP) is 4.64. The van der Waals surface area contributed by atoms with Crippen LogP contribution in [0.2, 0.25) is 10.0 Å². The minimum atomic E-state index is -0.394. The average molecular weight is 404 g/mol. The van der Waals surface area contributed by atoms with Gasteiger partial charge in [-0.05, 0) is 46.3 Å². The van der Waals surface area contributed by atoms with Crippen molar-refractivity contribution in [1.82, 2.24) is 0 Å². The Balaban J connectivity index is 2.30. The van der Waals surface area contributed by atoms with Crippen molar-refractivity contribution in [2.24, 2.45) is 5.73 Å². The molecule has 2 aromatic rings. The number of rotatable bonds is 3. The molecule has 0 atom stereocenters. The molecule has 0 unspecified atom stereocenters. The third kappa shape index (κ3) is 3.74. The lowest BCUT2D eigenvalue weighted by Gasteiger charge is -2.11. The van der Waals surface area contributed by atoms with Crippen molar-refractivity contribution in [3.8, 4) is 0 Å². The summed E-state index contributed by atoms with van der Waals surface area (Å²) in [5.74, 6) is -0.394. The number of carbonyl (C=O) groups excluding carboxylic acids is 1. The second kappa shape index (κ2) is 6.75. The van der Waals surface area contributed by atoms with Gasteiger partial charge in [-0.25, -0.2) is 0 Å². The molecule has 7 heteroatoms. The second-order valence-electron chi connectivity index (χ2n) is 4.11. The fourth-order valence-corrected chi connectivity index (χ4v) is 2.84. The molecular formula is C14H9BrCl2N2OS. The Morgan fingerprint density at radius 3 is 2.33 bits per heavy atom. The maximum absolute atomic E-state index is 12.3. The van der Waals surface area contributed by atoms with E-state index in [0.29, 0.717) is 15.7 Å². The molecule has 0 saturated carbocycles. The summed E-state index contributed by atoms with van der Waals surface area (Å²) >= 11 is 20.3. The Hall–Kier alpha value is -1.14. The third-order valence-corrected chi connectivity index (χ3v) is 4.21. The lowest BCUT2D eigenvalue weighted by Crippen LogP contribution is -2.14. The first-order valence-corrected chi connectivity index (χ1v) is 7.70. The first kappa shape index (κ1) is 16.2. The molecule has 0 bridgehead atoms. The van der Waals surface area contributed by atoms with E-state index < -0.39 is 5.91 Å². The van der Waals surface area contributed by atoms with Gasteiger partial charge in [0.05, 0.1) is 21.3 Å². The Labute approximate surface area is 145 Å². The first-order chi connectivity index (χ1) is 9.90. The molecule has 2 aromatic carbocycles. The molecule has 0 heterocycles. The number of nitrogens with one attached hydrogen (secondary N) is 1. The number of amides is 1. The Kier molecular flexibility index (Phi) is 5.22. The van der Waals surface area contributed by atoms with Crippen LogP contribution in [0, 0.1) is 0 Å². The highest BCUT2D eigenvalue weighted by Gasteiger charge is 2.15. The number of nitrogens with two attached hydrogens (primary N) is 1. The van der Waals surface area contributed by atoms with Crippen molar-refractivity contribution in [1.29, 1.82) is 0 Å². The van der Waals surface area contributed by atoms with Crippen LogP contribution in [0.4, 0.5) is 5.69 Å². The molecule has 21 heavy (non-hydrogen) atoms. The monoisotopic (exact) mass is 402 g/mol. The minimum Gasteiger partial charge on any atom is -0.389 e. The van der Waals surface area contributed by atoms with Crippen LogP contribution in [0.5, 0.6) is 0 Å². The van der Waals surface area contributed by atoms with Gasteiger partial charge in [0.15, 0.2) is 0 Å². The zero-order valence-electron chi connectivity index (χ0n) is 10.5. The van der Waals surface area contributed by atoms with Crippen molar-refractivity contribution in [3.05, 3.63) is 62.0 Å².